The molecule has 0 unspecified atom stereocenters. The Kier molecular flexibility index (Phi) is 12.5. The normalized spacial score (nSPS) is 12.8. The van der Waals surface area contributed by atoms with Crippen molar-refractivity contribution in [3.63, 3.8) is 0 Å². The number of nitrogens with one attached hydrogen (secondary N) is 4. The number of carbonyl (C=O) groups is 5. The number of alkyl carbamates (subject to hydrolysis) is 1. The van der Waals surface area contributed by atoms with Crippen LogP contribution in [0.5, 0.6) is 0 Å². The SMILES string of the molecule is CCC(CC)(NC(=O)[C@H](Cc1ccccc1)NC(=O)[C@H](Cc1ccccc1)NC(=O)CNC(=O)OC(C)(C)C)C(N)=O. The van der Waals surface area contributed by atoms with Crippen molar-refractivity contribution in [3.05, 3.63) is 71.8 Å². The number of primary amides is 1. The smallest absolute Gasteiger partial charge is 0.408 e. The summed E-state index contributed by atoms with van der Waals surface area (Å²) in [7, 11) is 0. The van der Waals surface area contributed by atoms with Crippen molar-refractivity contribution in [3.8, 4) is 0 Å². The number of rotatable bonds is 14. The van der Waals surface area contributed by atoms with E-state index in [1.807, 2.05) is 48.5 Å². The van der Waals surface area contributed by atoms with E-state index >= 15 is 0 Å². The molecule has 0 heterocycles. The molecule has 0 aliphatic rings. The Morgan fingerprint density at radius 3 is 1.67 bits per heavy atom. The van der Waals surface area contributed by atoms with E-state index in [1.165, 1.54) is 0 Å². The van der Waals surface area contributed by atoms with Gasteiger partial charge in [0.1, 0.15) is 29.8 Å². The van der Waals surface area contributed by atoms with Crippen LogP contribution in [-0.2, 0) is 36.8 Å². The van der Waals surface area contributed by atoms with Gasteiger partial charge in [0.2, 0.25) is 23.6 Å². The number of amides is 5. The Balaban J connectivity index is 2.28. The van der Waals surface area contributed by atoms with Gasteiger partial charge in [-0.25, -0.2) is 4.79 Å². The van der Waals surface area contributed by atoms with Crippen LogP contribution < -0.4 is 27.0 Å². The maximum Gasteiger partial charge on any atom is 0.408 e. The number of benzene rings is 2. The van der Waals surface area contributed by atoms with Crippen LogP contribution in [0, 0.1) is 0 Å². The zero-order valence-corrected chi connectivity index (χ0v) is 25.0. The van der Waals surface area contributed by atoms with Crippen LogP contribution in [0.1, 0.15) is 58.6 Å². The van der Waals surface area contributed by atoms with Crippen molar-refractivity contribution in [1.82, 2.24) is 21.3 Å². The summed E-state index contributed by atoms with van der Waals surface area (Å²) in [6, 6.07) is 16.0. The van der Waals surface area contributed by atoms with Crippen LogP contribution in [0.25, 0.3) is 0 Å². The van der Waals surface area contributed by atoms with E-state index in [9.17, 15) is 24.0 Å². The number of ether oxygens (including phenoxy) is 1. The Labute approximate surface area is 247 Å². The number of carbonyl (C=O) groups excluding carboxylic acids is 5. The van der Waals surface area contributed by atoms with E-state index < -0.39 is 59.5 Å². The van der Waals surface area contributed by atoms with Gasteiger partial charge in [-0.3, -0.25) is 19.2 Å². The topological polar surface area (TPSA) is 169 Å². The molecule has 42 heavy (non-hydrogen) atoms. The molecule has 0 aliphatic heterocycles. The first kappa shape index (κ1) is 33.8. The first-order valence-corrected chi connectivity index (χ1v) is 14.0. The second kappa shape index (κ2) is 15.6. The van der Waals surface area contributed by atoms with Crippen LogP contribution >= 0.6 is 0 Å². The molecule has 2 aromatic carbocycles. The largest absolute Gasteiger partial charge is 0.444 e. The fourth-order valence-corrected chi connectivity index (χ4v) is 4.26. The zero-order chi connectivity index (χ0) is 31.3. The van der Waals surface area contributed by atoms with Crippen molar-refractivity contribution >= 4 is 29.7 Å². The Morgan fingerprint density at radius 1 is 0.762 bits per heavy atom. The molecule has 0 aliphatic carbocycles. The molecule has 0 saturated carbocycles. The van der Waals surface area contributed by atoms with E-state index in [0.717, 1.165) is 11.1 Å². The van der Waals surface area contributed by atoms with E-state index in [0.29, 0.717) is 0 Å². The fourth-order valence-electron chi connectivity index (χ4n) is 4.26. The summed E-state index contributed by atoms with van der Waals surface area (Å²) in [6.45, 7) is 8.16. The van der Waals surface area contributed by atoms with Gasteiger partial charge in [-0.05, 0) is 44.7 Å². The van der Waals surface area contributed by atoms with E-state index in [-0.39, 0.29) is 25.7 Å². The highest BCUT2D eigenvalue weighted by molar-refractivity contribution is 5.96. The highest BCUT2D eigenvalue weighted by atomic mass is 16.6. The van der Waals surface area contributed by atoms with Gasteiger partial charge in [-0.15, -0.1) is 0 Å². The molecule has 2 atom stereocenters. The number of hydrogen-bond acceptors (Lipinski definition) is 6. The Bertz CT molecular complexity index is 1210. The van der Waals surface area contributed by atoms with Gasteiger partial charge in [0.05, 0.1) is 0 Å². The zero-order valence-electron chi connectivity index (χ0n) is 25.0. The molecule has 2 rings (SSSR count). The molecule has 0 radical (unpaired) electrons. The van der Waals surface area contributed by atoms with Gasteiger partial charge in [-0.2, -0.15) is 0 Å². The molecule has 0 bridgehead atoms. The molecule has 0 aromatic heterocycles. The lowest BCUT2D eigenvalue weighted by Crippen LogP contribution is -2.62. The van der Waals surface area contributed by atoms with Crippen molar-refractivity contribution < 1.29 is 28.7 Å². The lowest BCUT2D eigenvalue weighted by Gasteiger charge is -2.32. The molecule has 11 nitrogen and oxygen atoms in total. The fraction of sp³-hybridized carbons (Fsp3) is 0.452. The molecule has 0 fully saturated rings. The summed E-state index contributed by atoms with van der Waals surface area (Å²) in [5, 5.41) is 10.6. The first-order chi connectivity index (χ1) is 19.8. The minimum Gasteiger partial charge on any atom is -0.444 e. The van der Waals surface area contributed by atoms with E-state index in [1.54, 1.807) is 46.8 Å². The summed E-state index contributed by atoms with van der Waals surface area (Å²) >= 11 is 0. The predicted molar refractivity (Wildman–Crippen MR) is 159 cm³/mol. The molecule has 11 heteroatoms. The lowest BCUT2D eigenvalue weighted by atomic mass is 9.91. The first-order valence-electron chi connectivity index (χ1n) is 14.0. The quantitative estimate of drug-likeness (QED) is 0.229. The van der Waals surface area contributed by atoms with Crippen molar-refractivity contribution in [2.75, 3.05) is 6.54 Å². The van der Waals surface area contributed by atoms with Crippen LogP contribution in [-0.4, -0.2) is 59.5 Å². The lowest BCUT2D eigenvalue weighted by molar-refractivity contribution is -0.135. The van der Waals surface area contributed by atoms with Gasteiger partial charge in [0.15, 0.2) is 0 Å². The highest BCUT2D eigenvalue weighted by Crippen LogP contribution is 2.16. The third-order valence-corrected chi connectivity index (χ3v) is 6.68. The average molecular weight is 582 g/mol. The van der Waals surface area contributed by atoms with Crippen molar-refractivity contribution in [1.29, 1.82) is 0 Å². The third-order valence-electron chi connectivity index (χ3n) is 6.68. The van der Waals surface area contributed by atoms with Gasteiger partial charge >= 0.3 is 6.09 Å². The molecule has 228 valence electrons. The van der Waals surface area contributed by atoms with Gasteiger partial charge in [-0.1, -0.05) is 74.5 Å². The Hall–Kier alpha value is -4.41. The standard InChI is InChI=1S/C31H43N5O6/c1-6-31(7-2,28(32)40)36-27(39)24(19-22-16-12-9-13-17-22)35-26(38)23(18-21-14-10-8-11-15-21)34-25(37)20-33-29(41)42-30(3,4)5/h8-17,23-24H,6-7,18-20H2,1-5H3,(H2,32,40)(H,33,41)(H,34,37)(H,35,38)(H,36,39)/t23-,24-/m0/s1. The van der Waals surface area contributed by atoms with Crippen LogP contribution in [0.3, 0.4) is 0 Å². The van der Waals surface area contributed by atoms with E-state index in [2.05, 4.69) is 21.3 Å². The van der Waals surface area contributed by atoms with Crippen LogP contribution in [0.4, 0.5) is 4.79 Å². The van der Waals surface area contributed by atoms with Gasteiger partial charge in [0, 0.05) is 12.8 Å². The van der Waals surface area contributed by atoms with Gasteiger partial charge < -0.3 is 31.7 Å². The van der Waals surface area contributed by atoms with E-state index in [4.69, 9.17) is 10.5 Å². The summed E-state index contributed by atoms with van der Waals surface area (Å²) in [5.74, 6) is -2.48. The third kappa shape index (κ3) is 10.9. The monoisotopic (exact) mass is 581 g/mol. The molecule has 5 amide bonds. The van der Waals surface area contributed by atoms with Crippen molar-refractivity contribution in [2.24, 2.45) is 5.73 Å². The maximum absolute atomic E-state index is 13.6. The highest BCUT2D eigenvalue weighted by Gasteiger charge is 2.37. The predicted octanol–water partition coefficient (Wildman–Crippen LogP) is 2.13. The minimum absolute atomic E-state index is 0.125. The molecule has 2 aromatic rings. The summed E-state index contributed by atoms with van der Waals surface area (Å²) in [5.41, 5.74) is 5.17. The van der Waals surface area contributed by atoms with Crippen LogP contribution in [0.2, 0.25) is 0 Å². The van der Waals surface area contributed by atoms with Crippen molar-refractivity contribution in [2.45, 2.75) is 83.5 Å². The average Bonchev–Trinajstić information content (AvgIpc) is 2.94. The molecular weight excluding hydrogens is 538 g/mol. The summed E-state index contributed by atoms with van der Waals surface area (Å²) < 4.78 is 5.16. The minimum atomic E-state index is -1.28. The molecule has 0 saturated heterocycles. The summed E-state index contributed by atoms with van der Waals surface area (Å²) in [4.78, 5) is 64.2. The second-order valence-corrected chi connectivity index (χ2v) is 11.1. The van der Waals surface area contributed by atoms with Crippen LogP contribution in [0.15, 0.2) is 60.7 Å². The van der Waals surface area contributed by atoms with Gasteiger partial charge in [0.25, 0.3) is 0 Å². The Morgan fingerprint density at radius 2 is 1.24 bits per heavy atom. The molecule has 0 spiro atoms. The molecule has 6 N–H and O–H groups in total. The number of hydrogen-bond donors (Lipinski definition) is 5. The maximum atomic E-state index is 13.6. The second-order valence-electron chi connectivity index (χ2n) is 11.1. The molecular formula is C31H43N5O6. The summed E-state index contributed by atoms with van der Waals surface area (Å²) in [6.07, 6.45) is 0.0278. The number of nitrogens with two attached hydrogens (primary N) is 1.